The molecular formula is C9H8BrFO2. The number of carboxylic acids is 1. The minimum atomic E-state index is -0.961. The highest BCUT2D eigenvalue weighted by Gasteiger charge is 2.14. The van der Waals surface area contributed by atoms with Gasteiger partial charge in [0.05, 0.1) is 5.92 Å². The Labute approximate surface area is 83.5 Å². The van der Waals surface area contributed by atoms with Crippen molar-refractivity contribution < 1.29 is 14.3 Å². The fourth-order valence-corrected chi connectivity index (χ4v) is 1.45. The lowest BCUT2D eigenvalue weighted by Crippen LogP contribution is -2.07. The zero-order chi connectivity index (χ0) is 10.0. The second-order valence-corrected chi connectivity index (χ2v) is 3.68. The van der Waals surface area contributed by atoms with Gasteiger partial charge in [0, 0.05) is 4.47 Å². The summed E-state index contributed by atoms with van der Waals surface area (Å²) in [6.45, 7) is 1.52. The first-order chi connectivity index (χ1) is 6.00. The van der Waals surface area contributed by atoms with Crippen LogP contribution < -0.4 is 0 Å². The summed E-state index contributed by atoms with van der Waals surface area (Å²) in [7, 11) is 0. The van der Waals surface area contributed by atoms with Crippen molar-refractivity contribution in [3.63, 3.8) is 0 Å². The van der Waals surface area contributed by atoms with Crippen LogP contribution in [0, 0.1) is 5.82 Å². The van der Waals surface area contributed by atoms with E-state index in [0.29, 0.717) is 10.0 Å². The zero-order valence-corrected chi connectivity index (χ0v) is 8.51. The van der Waals surface area contributed by atoms with E-state index in [1.807, 2.05) is 0 Å². The van der Waals surface area contributed by atoms with Gasteiger partial charge in [-0.05, 0) is 30.7 Å². The Morgan fingerprint density at radius 2 is 2.15 bits per heavy atom. The van der Waals surface area contributed by atoms with Crippen LogP contribution in [0.15, 0.2) is 22.7 Å². The van der Waals surface area contributed by atoms with Crippen LogP contribution in [0.5, 0.6) is 0 Å². The number of hydrogen-bond donors (Lipinski definition) is 1. The van der Waals surface area contributed by atoms with Crippen LogP contribution >= 0.6 is 15.9 Å². The summed E-state index contributed by atoms with van der Waals surface area (Å²) in [4.78, 5) is 10.6. The van der Waals surface area contributed by atoms with Crippen molar-refractivity contribution in [2.75, 3.05) is 0 Å². The van der Waals surface area contributed by atoms with Crippen LogP contribution in [-0.4, -0.2) is 11.1 Å². The summed E-state index contributed by atoms with van der Waals surface area (Å²) in [5.41, 5.74) is 0.458. The molecule has 0 saturated heterocycles. The van der Waals surface area contributed by atoms with Gasteiger partial charge in [0.25, 0.3) is 0 Å². The molecule has 0 fully saturated rings. The van der Waals surface area contributed by atoms with E-state index in [2.05, 4.69) is 15.9 Å². The van der Waals surface area contributed by atoms with Gasteiger partial charge in [-0.3, -0.25) is 4.79 Å². The molecule has 70 valence electrons. The van der Waals surface area contributed by atoms with Crippen molar-refractivity contribution in [3.8, 4) is 0 Å². The fraction of sp³-hybridized carbons (Fsp3) is 0.222. The molecule has 0 heterocycles. The second-order valence-electron chi connectivity index (χ2n) is 2.76. The summed E-state index contributed by atoms with van der Waals surface area (Å²) in [5.74, 6) is -2.08. The van der Waals surface area contributed by atoms with Crippen molar-refractivity contribution in [2.45, 2.75) is 12.8 Å². The maximum atomic E-state index is 12.8. The third-order valence-electron chi connectivity index (χ3n) is 1.76. The molecule has 0 saturated carbocycles. The normalized spacial score (nSPS) is 12.5. The minimum Gasteiger partial charge on any atom is -0.481 e. The molecule has 0 aliphatic heterocycles. The van der Waals surface area contributed by atoms with Crippen LogP contribution in [0.4, 0.5) is 4.39 Å². The molecule has 1 atom stereocenters. The van der Waals surface area contributed by atoms with E-state index >= 15 is 0 Å². The molecule has 0 amide bonds. The maximum Gasteiger partial charge on any atom is 0.310 e. The lowest BCUT2D eigenvalue weighted by atomic mass is 10.0. The Balaban J connectivity index is 3.07. The van der Waals surface area contributed by atoms with Crippen molar-refractivity contribution in [2.24, 2.45) is 0 Å². The molecule has 1 rings (SSSR count). The summed E-state index contributed by atoms with van der Waals surface area (Å²) < 4.78 is 13.4. The monoisotopic (exact) mass is 246 g/mol. The molecule has 13 heavy (non-hydrogen) atoms. The van der Waals surface area contributed by atoms with Gasteiger partial charge >= 0.3 is 5.97 Å². The largest absolute Gasteiger partial charge is 0.481 e. The van der Waals surface area contributed by atoms with Gasteiger partial charge in [-0.2, -0.15) is 0 Å². The molecular weight excluding hydrogens is 239 g/mol. The van der Waals surface area contributed by atoms with Crippen molar-refractivity contribution >= 4 is 21.9 Å². The smallest absolute Gasteiger partial charge is 0.310 e. The van der Waals surface area contributed by atoms with E-state index in [4.69, 9.17) is 5.11 Å². The molecule has 0 radical (unpaired) electrons. The van der Waals surface area contributed by atoms with Gasteiger partial charge in [0.2, 0.25) is 0 Å². The summed E-state index contributed by atoms with van der Waals surface area (Å²) >= 11 is 3.10. The van der Waals surface area contributed by atoms with Crippen LogP contribution in [-0.2, 0) is 4.79 Å². The Morgan fingerprint density at radius 3 is 2.62 bits per heavy atom. The first-order valence-electron chi connectivity index (χ1n) is 3.69. The zero-order valence-electron chi connectivity index (χ0n) is 6.92. The number of halogens is 2. The van der Waals surface area contributed by atoms with Gasteiger partial charge in [-0.1, -0.05) is 15.9 Å². The number of benzene rings is 1. The SMILES string of the molecule is CC(C(=O)O)c1cc(F)cc(Br)c1. The lowest BCUT2D eigenvalue weighted by Gasteiger charge is -2.06. The molecule has 0 bridgehead atoms. The van der Waals surface area contributed by atoms with Gasteiger partial charge in [0.15, 0.2) is 0 Å². The third-order valence-corrected chi connectivity index (χ3v) is 2.21. The predicted octanol–water partition coefficient (Wildman–Crippen LogP) is 2.78. The molecule has 2 nitrogen and oxygen atoms in total. The third kappa shape index (κ3) is 2.52. The average molecular weight is 247 g/mol. The Morgan fingerprint density at radius 1 is 1.54 bits per heavy atom. The number of carbonyl (C=O) groups is 1. The molecule has 0 aliphatic rings. The van der Waals surface area contributed by atoms with E-state index < -0.39 is 17.7 Å². The van der Waals surface area contributed by atoms with Crippen molar-refractivity contribution in [1.82, 2.24) is 0 Å². The van der Waals surface area contributed by atoms with Crippen LogP contribution in [0.3, 0.4) is 0 Å². The molecule has 0 aromatic heterocycles. The highest BCUT2D eigenvalue weighted by molar-refractivity contribution is 9.10. The van der Waals surface area contributed by atoms with E-state index in [0.717, 1.165) is 0 Å². The standard InChI is InChI=1S/C9H8BrFO2/c1-5(9(12)13)6-2-7(10)4-8(11)3-6/h2-5H,1H3,(H,12,13). The molecule has 4 heteroatoms. The molecule has 0 aliphatic carbocycles. The van der Waals surface area contributed by atoms with Gasteiger partial charge < -0.3 is 5.11 Å². The summed E-state index contributed by atoms with van der Waals surface area (Å²) in [6, 6.07) is 4.11. The maximum absolute atomic E-state index is 12.8. The number of aliphatic carboxylic acids is 1. The number of rotatable bonds is 2. The Bertz CT molecular complexity index is 318. The Hall–Kier alpha value is -0.900. The highest BCUT2D eigenvalue weighted by atomic mass is 79.9. The van der Waals surface area contributed by atoms with Crippen molar-refractivity contribution in [3.05, 3.63) is 34.1 Å². The second kappa shape index (κ2) is 3.87. The number of hydrogen-bond acceptors (Lipinski definition) is 1. The molecule has 1 N–H and O–H groups in total. The molecule has 1 unspecified atom stereocenters. The van der Waals surface area contributed by atoms with E-state index in [9.17, 15) is 9.18 Å². The van der Waals surface area contributed by atoms with E-state index in [1.165, 1.54) is 19.1 Å². The first kappa shape index (κ1) is 10.2. The average Bonchev–Trinajstić information content (AvgIpc) is 2.01. The lowest BCUT2D eigenvalue weighted by molar-refractivity contribution is -0.138. The van der Waals surface area contributed by atoms with Crippen LogP contribution in [0.25, 0.3) is 0 Å². The van der Waals surface area contributed by atoms with Crippen LogP contribution in [0.1, 0.15) is 18.4 Å². The van der Waals surface area contributed by atoms with Gasteiger partial charge in [0.1, 0.15) is 5.82 Å². The van der Waals surface area contributed by atoms with Gasteiger partial charge in [-0.15, -0.1) is 0 Å². The summed E-state index contributed by atoms with van der Waals surface area (Å²) in [6.07, 6.45) is 0. The first-order valence-corrected chi connectivity index (χ1v) is 4.49. The minimum absolute atomic E-state index is 0.433. The van der Waals surface area contributed by atoms with Crippen LogP contribution in [0.2, 0.25) is 0 Å². The van der Waals surface area contributed by atoms with Gasteiger partial charge in [-0.25, -0.2) is 4.39 Å². The quantitative estimate of drug-likeness (QED) is 0.872. The topological polar surface area (TPSA) is 37.3 Å². The van der Waals surface area contributed by atoms with E-state index in [-0.39, 0.29) is 0 Å². The number of carboxylic acid groups (broad SMARTS) is 1. The predicted molar refractivity (Wildman–Crippen MR) is 50.2 cm³/mol. The highest BCUT2D eigenvalue weighted by Crippen LogP contribution is 2.21. The Kier molecular flexibility index (Phi) is 3.03. The van der Waals surface area contributed by atoms with E-state index in [1.54, 1.807) is 6.07 Å². The summed E-state index contributed by atoms with van der Waals surface area (Å²) in [5, 5.41) is 8.68. The van der Waals surface area contributed by atoms with Crippen molar-refractivity contribution in [1.29, 1.82) is 0 Å². The molecule has 0 spiro atoms. The molecule has 1 aromatic rings. The fourth-order valence-electron chi connectivity index (χ4n) is 0.968. The molecule has 1 aromatic carbocycles.